The van der Waals surface area contributed by atoms with E-state index in [0.29, 0.717) is 0 Å². The van der Waals surface area contributed by atoms with E-state index in [4.69, 9.17) is 4.98 Å². The van der Waals surface area contributed by atoms with Crippen LogP contribution >= 0.6 is 11.3 Å². The first kappa shape index (κ1) is 18.1. The van der Waals surface area contributed by atoms with Crippen molar-refractivity contribution in [1.29, 1.82) is 0 Å². The van der Waals surface area contributed by atoms with E-state index in [0.717, 1.165) is 49.3 Å². The van der Waals surface area contributed by atoms with Gasteiger partial charge in [0.05, 0.1) is 16.8 Å². The van der Waals surface area contributed by atoms with Gasteiger partial charge in [-0.15, -0.1) is 11.3 Å². The molecule has 2 aliphatic heterocycles. The van der Waals surface area contributed by atoms with Gasteiger partial charge in [0.15, 0.2) is 11.7 Å². The summed E-state index contributed by atoms with van der Waals surface area (Å²) in [5.41, 5.74) is 0.982. The first-order chi connectivity index (χ1) is 13.0. The number of thiazole rings is 1. The quantitative estimate of drug-likeness (QED) is 0.622. The largest absolute Gasteiger partial charge is 0.338 e. The highest BCUT2D eigenvalue weighted by Gasteiger charge is 2.47. The highest BCUT2D eigenvalue weighted by molar-refractivity contribution is 7.18. The van der Waals surface area contributed by atoms with E-state index >= 15 is 0 Å². The number of para-hydroxylation sites is 1. The van der Waals surface area contributed by atoms with Gasteiger partial charge in [0.2, 0.25) is 0 Å². The molecule has 1 N–H and O–H groups in total. The lowest BCUT2D eigenvalue weighted by Gasteiger charge is -2.24. The van der Waals surface area contributed by atoms with Gasteiger partial charge in [-0.1, -0.05) is 26.0 Å². The Hall–Kier alpha value is -2.32. The number of hydrogen-bond donors (Lipinski definition) is 1. The minimum Gasteiger partial charge on any atom is -0.309 e. The number of amides is 4. The molecule has 4 rings (SSSR count). The Morgan fingerprint density at radius 2 is 1.93 bits per heavy atom. The number of quaternary nitrogens is 1. The zero-order valence-electron chi connectivity index (χ0n) is 15.5. The lowest BCUT2D eigenvalue weighted by atomic mass is 10.2. The average Bonchev–Trinajstić information content (AvgIpc) is 3.31. The normalized spacial score (nSPS) is 23.4. The molecule has 4 amide bonds. The molecular weight excluding hydrogens is 364 g/mol. The molecule has 2 atom stereocenters. The molecule has 2 aliphatic rings. The molecule has 27 heavy (non-hydrogen) atoms. The van der Waals surface area contributed by atoms with E-state index < -0.39 is 17.8 Å². The molecule has 0 bridgehead atoms. The van der Waals surface area contributed by atoms with E-state index in [1.54, 1.807) is 11.3 Å². The summed E-state index contributed by atoms with van der Waals surface area (Å²) >= 11 is 1.67. The number of urea groups is 1. The number of benzene rings is 1. The number of nitrogens with one attached hydrogen (secondary N) is 1. The third-order valence-corrected chi connectivity index (χ3v) is 6.29. The molecule has 0 saturated carbocycles. The van der Waals surface area contributed by atoms with Crippen molar-refractivity contribution < 1.29 is 19.3 Å². The molecule has 142 valence electrons. The fourth-order valence-electron chi connectivity index (χ4n) is 3.86. The third kappa shape index (κ3) is 3.23. The van der Waals surface area contributed by atoms with Crippen molar-refractivity contribution >= 4 is 39.4 Å². The molecule has 1 aromatic heterocycles. The number of hydrogen-bond acceptors (Lipinski definition) is 5. The maximum atomic E-state index is 12.6. The summed E-state index contributed by atoms with van der Waals surface area (Å²) in [7, 11) is 0. The summed E-state index contributed by atoms with van der Waals surface area (Å²) in [4.78, 5) is 45.3. The minimum atomic E-state index is -0.705. The van der Waals surface area contributed by atoms with Gasteiger partial charge in [-0.3, -0.25) is 14.5 Å². The van der Waals surface area contributed by atoms with Gasteiger partial charge >= 0.3 is 17.8 Å². The Morgan fingerprint density at radius 3 is 2.67 bits per heavy atom. The number of likely N-dealkylation sites (tertiary alicyclic amines) is 1. The van der Waals surface area contributed by atoms with Gasteiger partial charge in [0.25, 0.3) is 0 Å². The van der Waals surface area contributed by atoms with Gasteiger partial charge in [-0.2, -0.15) is 0 Å². The summed E-state index contributed by atoms with van der Waals surface area (Å²) in [6.45, 7) is 5.19. The monoisotopic (exact) mass is 387 g/mol. The molecule has 8 heteroatoms. The summed E-state index contributed by atoms with van der Waals surface area (Å²) in [6.07, 6.45) is 1.98. The molecule has 2 aromatic rings. The molecule has 2 saturated heterocycles. The second-order valence-electron chi connectivity index (χ2n) is 7.61. The molecule has 7 nitrogen and oxygen atoms in total. The Morgan fingerprint density at radius 1 is 1.19 bits per heavy atom. The lowest BCUT2D eigenvalue weighted by molar-refractivity contribution is -0.925. The van der Waals surface area contributed by atoms with Gasteiger partial charge in [-0.05, 0) is 18.1 Å². The van der Waals surface area contributed by atoms with Crippen LogP contribution in [0.1, 0.15) is 37.7 Å². The number of carbonyl (C=O) groups excluding carboxylic acids is 3. The van der Waals surface area contributed by atoms with Crippen molar-refractivity contribution in [3.05, 3.63) is 29.3 Å². The fraction of sp³-hybridized carbons (Fsp3) is 0.474. The van der Waals surface area contributed by atoms with Crippen LogP contribution in [0.25, 0.3) is 10.2 Å². The molecule has 0 aliphatic carbocycles. The van der Waals surface area contributed by atoms with Crippen LogP contribution in [0.3, 0.4) is 0 Å². The standard InChI is InChI=1S/C19H22N4O3S/c1-12(2)10-22-17(24)18(25)23(19(22)26)11-21-9-5-7-14(21)16-20-13-6-3-4-8-15(13)27-16/h3-4,6,8,12,14H,5,7,9-11H2,1-2H3/p+1/t14-/m0/s1. The first-order valence-corrected chi connectivity index (χ1v) is 10.1. The first-order valence-electron chi connectivity index (χ1n) is 9.33. The molecular formula is C19H23N4O3S+. The van der Waals surface area contributed by atoms with E-state index in [2.05, 4.69) is 6.07 Å². The zero-order chi connectivity index (χ0) is 19.1. The van der Waals surface area contributed by atoms with Crippen molar-refractivity contribution in [1.82, 2.24) is 14.8 Å². The number of carbonyl (C=O) groups is 3. The highest BCUT2D eigenvalue weighted by atomic mass is 32.1. The van der Waals surface area contributed by atoms with E-state index in [-0.39, 0.29) is 25.2 Å². The van der Waals surface area contributed by atoms with Crippen molar-refractivity contribution in [2.24, 2.45) is 5.92 Å². The molecule has 1 unspecified atom stereocenters. The Labute approximate surface area is 161 Å². The molecule has 2 fully saturated rings. The summed E-state index contributed by atoms with van der Waals surface area (Å²) in [6, 6.07) is 7.70. The minimum absolute atomic E-state index is 0.125. The zero-order valence-corrected chi connectivity index (χ0v) is 16.3. The van der Waals surface area contributed by atoms with Crippen LogP contribution in [0.5, 0.6) is 0 Å². The molecule has 0 spiro atoms. The van der Waals surface area contributed by atoms with Gasteiger partial charge in [0, 0.05) is 19.4 Å². The van der Waals surface area contributed by atoms with Crippen molar-refractivity contribution in [3.63, 3.8) is 0 Å². The Bertz CT molecular complexity index is 876. The van der Waals surface area contributed by atoms with Crippen LogP contribution in [0.15, 0.2) is 24.3 Å². The topological polar surface area (TPSA) is 75.0 Å². The van der Waals surface area contributed by atoms with Crippen molar-refractivity contribution in [3.8, 4) is 0 Å². The molecule has 1 aromatic carbocycles. The van der Waals surface area contributed by atoms with Crippen LogP contribution in [0.4, 0.5) is 4.79 Å². The summed E-state index contributed by atoms with van der Waals surface area (Å²) in [5.74, 6) is -1.28. The van der Waals surface area contributed by atoms with Crippen molar-refractivity contribution in [2.45, 2.75) is 32.7 Å². The smallest absolute Gasteiger partial charge is 0.309 e. The lowest BCUT2D eigenvalue weighted by Crippen LogP contribution is -3.12. The van der Waals surface area contributed by atoms with Crippen LogP contribution in [0, 0.1) is 5.92 Å². The van der Waals surface area contributed by atoms with Crippen LogP contribution in [-0.4, -0.2) is 52.4 Å². The molecule has 3 heterocycles. The number of fused-ring (bicyclic) bond motifs is 1. The summed E-state index contributed by atoms with van der Waals surface area (Å²) in [5, 5.41) is 1.04. The predicted octanol–water partition coefficient (Wildman–Crippen LogP) is 1.42. The second-order valence-corrected chi connectivity index (χ2v) is 8.67. The van der Waals surface area contributed by atoms with E-state index in [1.807, 2.05) is 32.0 Å². The third-order valence-electron chi connectivity index (χ3n) is 5.14. The highest BCUT2D eigenvalue weighted by Crippen LogP contribution is 2.28. The van der Waals surface area contributed by atoms with E-state index in [9.17, 15) is 14.4 Å². The summed E-state index contributed by atoms with van der Waals surface area (Å²) < 4.78 is 1.14. The Kier molecular flexibility index (Phi) is 4.69. The number of nitrogens with zero attached hydrogens (tertiary/aromatic N) is 3. The van der Waals surface area contributed by atoms with Gasteiger partial charge in [0.1, 0.15) is 6.04 Å². The average molecular weight is 387 g/mol. The van der Waals surface area contributed by atoms with Crippen LogP contribution in [0.2, 0.25) is 0 Å². The molecule has 0 radical (unpaired) electrons. The second kappa shape index (κ2) is 7.01. The fourth-order valence-corrected chi connectivity index (χ4v) is 5.02. The maximum absolute atomic E-state index is 12.6. The van der Waals surface area contributed by atoms with Gasteiger partial charge in [-0.25, -0.2) is 14.7 Å². The number of imide groups is 2. The van der Waals surface area contributed by atoms with E-state index in [1.165, 1.54) is 0 Å². The number of aromatic nitrogens is 1. The SMILES string of the molecule is CC(C)CN1C(=O)C(=O)N(C[NH+]2CCC[C@H]2c2nc3ccccc3s2)C1=O. The maximum Gasteiger partial charge on any atom is 0.338 e. The predicted molar refractivity (Wildman–Crippen MR) is 101 cm³/mol. The van der Waals surface area contributed by atoms with Gasteiger partial charge < -0.3 is 4.90 Å². The van der Waals surface area contributed by atoms with Crippen molar-refractivity contribution in [2.75, 3.05) is 19.8 Å². The van der Waals surface area contributed by atoms with Crippen LogP contribution < -0.4 is 4.90 Å². The van der Waals surface area contributed by atoms with Crippen LogP contribution in [-0.2, 0) is 9.59 Å². The number of rotatable bonds is 5. The Balaban J connectivity index is 1.53.